The van der Waals surface area contributed by atoms with E-state index in [1.54, 1.807) is 25.3 Å². The number of methoxy groups -OCH3 is 2. The van der Waals surface area contributed by atoms with E-state index in [1.165, 1.54) is 29.3 Å². The van der Waals surface area contributed by atoms with Gasteiger partial charge in [0.15, 0.2) is 10.8 Å². The zero-order valence-electron chi connectivity index (χ0n) is 20.2. The molecule has 0 unspecified atom stereocenters. The molecule has 1 saturated heterocycles. The number of nitrogens with one attached hydrogen (secondary N) is 2. The Morgan fingerprint density at radius 3 is 2.61 bits per heavy atom. The molecule has 2 aliphatic rings. The zero-order chi connectivity index (χ0) is 25.2. The number of piperidine rings is 1. The van der Waals surface area contributed by atoms with Crippen LogP contribution in [0.4, 0.5) is 10.8 Å². The van der Waals surface area contributed by atoms with E-state index in [2.05, 4.69) is 25.5 Å². The van der Waals surface area contributed by atoms with Crippen molar-refractivity contribution in [3.63, 3.8) is 0 Å². The summed E-state index contributed by atoms with van der Waals surface area (Å²) in [4.78, 5) is 49.0. The van der Waals surface area contributed by atoms with Crippen LogP contribution in [0, 0.1) is 5.92 Å². The molecule has 12 heteroatoms. The Balaban J connectivity index is 1.25. The van der Waals surface area contributed by atoms with Crippen LogP contribution in [0.5, 0.6) is 11.5 Å². The molecule has 0 radical (unpaired) electrons. The molecule has 0 atom stereocenters. The van der Waals surface area contributed by atoms with Gasteiger partial charge in [-0.3, -0.25) is 19.0 Å². The lowest BCUT2D eigenvalue weighted by atomic mass is 9.96. The van der Waals surface area contributed by atoms with Gasteiger partial charge in [-0.25, -0.2) is 4.98 Å². The van der Waals surface area contributed by atoms with Crippen LogP contribution in [0.1, 0.15) is 25.7 Å². The standard InChI is InChI=1S/C24H28N6O5S/c1-34-16-5-6-17(18(11-16)35-2)27-19(31)12-30-13-25-21-20(23(30)33)36-24(28-21)29-9-7-14(8-10-29)22(32)26-15-3-4-15/h5-6,11,13-15H,3-4,7-10,12H2,1-2H3,(H,26,32)(H,27,31). The first-order valence-electron chi connectivity index (χ1n) is 11.9. The summed E-state index contributed by atoms with van der Waals surface area (Å²) in [5, 5.41) is 6.56. The van der Waals surface area contributed by atoms with Gasteiger partial charge >= 0.3 is 0 Å². The van der Waals surface area contributed by atoms with E-state index in [0.717, 1.165) is 25.7 Å². The second-order valence-corrected chi connectivity index (χ2v) is 9.96. The summed E-state index contributed by atoms with van der Waals surface area (Å²) in [6.07, 6.45) is 5.01. The van der Waals surface area contributed by atoms with Crippen molar-refractivity contribution >= 4 is 44.3 Å². The third-order valence-electron chi connectivity index (χ3n) is 6.43. The number of aromatic nitrogens is 3. The number of nitrogens with zero attached hydrogens (tertiary/aromatic N) is 4. The van der Waals surface area contributed by atoms with Gasteiger partial charge in [-0.05, 0) is 37.8 Å². The van der Waals surface area contributed by atoms with Crippen LogP contribution in [-0.4, -0.2) is 59.7 Å². The summed E-state index contributed by atoms with van der Waals surface area (Å²) in [6.45, 7) is 1.19. The lowest BCUT2D eigenvalue weighted by Crippen LogP contribution is -2.41. The number of thiazole rings is 1. The molecule has 0 bridgehead atoms. The van der Waals surface area contributed by atoms with Gasteiger partial charge in [-0.2, -0.15) is 4.98 Å². The van der Waals surface area contributed by atoms with Gasteiger partial charge in [0.1, 0.15) is 29.1 Å². The topological polar surface area (TPSA) is 128 Å². The third-order valence-corrected chi connectivity index (χ3v) is 7.52. The van der Waals surface area contributed by atoms with Crippen LogP contribution in [0.3, 0.4) is 0 Å². The van der Waals surface area contributed by atoms with Crippen molar-refractivity contribution in [1.29, 1.82) is 0 Å². The maximum atomic E-state index is 13.1. The normalized spacial score (nSPS) is 16.1. The summed E-state index contributed by atoms with van der Waals surface area (Å²) >= 11 is 1.27. The van der Waals surface area contributed by atoms with Crippen molar-refractivity contribution in [2.45, 2.75) is 38.3 Å². The van der Waals surface area contributed by atoms with Crippen LogP contribution >= 0.6 is 11.3 Å². The molecule has 190 valence electrons. The monoisotopic (exact) mass is 512 g/mol. The maximum Gasteiger partial charge on any atom is 0.273 e. The summed E-state index contributed by atoms with van der Waals surface area (Å²) in [7, 11) is 3.05. The smallest absolute Gasteiger partial charge is 0.273 e. The van der Waals surface area contributed by atoms with E-state index in [4.69, 9.17) is 9.47 Å². The first-order chi connectivity index (χ1) is 17.4. The summed E-state index contributed by atoms with van der Waals surface area (Å²) in [6, 6.07) is 5.41. The molecule has 1 saturated carbocycles. The van der Waals surface area contributed by atoms with Crippen LogP contribution < -0.4 is 30.6 Å². The minimum atomic E-state index is -0.391. The fourth-order valence-electron chi connectivity index (χ4n) is 4.21. The highest BCUT2D eigenvalue weighted by atomic mass is 32.1. The zero-order valence-corrected chi connectivity index (χ0v) is 21.0. The largest absolute Gasteiger partial charge is 0.497 e. The van der Waals surface area contributed by atoms with Gasteiger partial charge in [0.05, 0.1) is 19.9 Å². The van der Waals surface area contributed by atoms with E-state index < -0.39 is 5.91 Å². The van der Waals surface area contributed by atoms with E-state index in [-0.39, 0.29) is 23.9 Å². The average molecular weight is 513 g/mol. The Hall–Kier alpha value is -3.67. The molecular formula is C24H28N6O5S. The highest BCUT2D eigenvalue weighted by Crippen LogP contribution is 2.31. The van der Waals surface area contributed by atoms with E-state index in [1.807, 2.05) is 0 Å². The van der Waals surface area contributed by atoms with Gasteiger partial charge in [0.2, 0.25) is 11.8 Å². The van der Waals surface area contributed by atoms with Crippen molar-refractivity contribution in [3.05, 3.63) is 34.9 Å². The van der Waals surface area contributed by atoms with Gasteiger partial charge in [0.25, 0.3) is 5.56 Å². The fourth-order valence-corrected chi connectivity index (χ4v) is 5.23. The van der Waals surface area contributed by atoms with Crippen LogP contribution in [-0.2, 0) is 16.1 Å². The Bertz CT molecular complexity index is 1340. The molecule has 3 heterocycles. The van der Waals surface area contributed by atoms with Gasteiger partial charge in [-0.15, -0.1) is 0 Å². The molecule has 2 fully saturated rings. The van der Waals surface area contributed by atoms with E-state index in [9.17, 15) is 14.4 Å². The summed E-state index contributed by atoms with van der Waals surface area (Å²) in [5.74, 6) is 0.830. The Kier molecular flexibility index (Phi) is 6.77. The molecule has 1 aliphatic carbocycles. The fraction of sp³-hybridized carbons (Fsp3) is 0.458. The van der Waals surface area contributed by atoms with Crippen molar-refractivity contribution in [2.24, 2.45) is 5.92 Å². The second-order valence-electron chi connectivity index (χ2n) is 8.99. The Labute approximate surface area is 211 Å². The molecular weight excluding hydrogens is 484 g/mol. The van der Waals surface area contributed by atoms with Gasteiger partial charge in [-0.1, -0.05) is 11.3 Å². The van der Waals surface area contributed by atoms with E-state index in [0.29, 0.717) is 51.8 Å². The van der Waals surface area contributed by atoms with Crippen molar-refractivity contribution in [2.75, 3.05) is 37.5 Å². The third kappa shape index (κ3) is 5.13. The molecule has 36 heavy (non-hydrogen) atoms. The molecule has 1 aromatic carbocycles. The predicted molar refractivity (Wildman–Crippen MR) is 136 cm³/mol. The first-order valence-corrected chi connectivity index (χ1v) is 12.7. The van der Waals surface area contributed by atoms with Crippen molar-refractivity contribution < 1.29 is 19.1 Å². The number of amides is 2. The number of fused-ring (bicyclic) bond motifs is 1. The van der Waals surface area contributed by atoms with Crippen LogP contribution in [0.25, 0.3) is 10.3 Å². The molecule has 11 nitrogen and oxygen atoms in total. The number of hydrogen-bond acceptors (Lipinski definition) is 9. The first kappa shape index (κ1) is 24.0. The molecule has 1 aliphatic heterocycles. The van der Waals surface area contributed by atoms with Crippen LogP contribution in [0.15, 0.2) is 29.3 Å². The minimum Gasteiger partial charge on any atom is -0.497 e. The molecule has 2 N–H and O–H groups in total. The molecule has 3 aromatic rings. The Morgan fingerprint density at radius 2 is 1.92 bits per heavy atom. The molecule has 2 amide bonds. The average Bonchev–Trinajstić information content (AvgIpc) is 3.60. The van der Waals surface area contributed by atoms with Crippen molar-refractivity contribution in [3.8, 4) is 11.5 Å². The molecule has 0 spiro atoms. The number of hydrogen-bond donors (Lipinski definition) is 2. The number of ether oxygens (including phenoxy) is 2. The van der Waals surface area contributed by atoms with Crippen molar-refractivity contribution in [1.82, 2.24) is 19.9 Å². The SMILES string of the molecule is COc1ccc(NC(=O)Cn2cnc3nc(N4CCC(C(=O)NC5CC5)CC4)sc3c2=O)c(OC)c1. The number of anilines is 2. The van der Waals surface area contributed by atoms with E-state index >= 15 is 0 Å². The maximum absolute atomic E-state index is 13.1. The number of benzene rings is 1. The number of rotatable bonds is 8. The lowest BCUT2D eigenvalue weighted by molar-refractivity contribution is -0.125. The highest BCUT2D eigenvalue weighted by Gasteiger charge is 2.30. The summed E-state index contributed by atoms with van der Waals surface area (Å²) < 4.78 is 12.2. The minimum absolute atomic E-state index is 0.0226. The predicted octanol–water partition coefficient (Wildman–Crippen LogP) is 2.00. The van der Waals surface area contributed by atoms with Gasteiger partial charge in [0, 0.05) is 31.1 Å². The number of carbonyl (C=O) groups is 2. The van der Waals surface area contributed by atoms with Crippen LogP contribution in [0.2, 0.25) is 0 Å². The number of carbonyl (C=O) groups excluding carboxylic acids is 2. The Morgan fingerprint density at radius 1 is 1.14 bits per heavy atom. The summed E-state index contributed by atoms with van der Waals surface area (Å²) in [5.41, 5.74) is 0.515. The highest BCUT2D eigenvalue weighted by molar-refractivity contribution is 7.22. The second kappa shape index (κ2) is 10.1. The molecule has 2 aromatic heterocycles. The quantitative estimate of drug-likeness (QED) is 0.469. The molecule has 5 rings (SSSR count). The van der Waals surface area contributed by atoms with Gasteiger partial charge < -0.3 is 25.0 Å². The lowest BCUT2D eigenvalue weighted by Gasteiger charge is -2.30.